The van der Waals surface area contributed by atoms with E-state index in [4.69, 9.17) is 16.3 Å². The zero-order valence-electron chi connectivity index (χ0n) is 11.0. The molecule has 100 valence electrons. The predicted octanol–water partition coefficient (Wildman–Crippen LogP) is 3.74. The summed E-state index contributed by atoms with van der Waals surface area (Å²) in [4.78, 5) is 15.0. The van der Waals surface area contributed by atoms with Crippen molar-refractivity contribution in [2.75, 3.05) is 6.61 Å². The predicted molar refractivity (Wildman–Crippen MR) is 75.7 cm³/mol. The number of ether oxygens (including phenoxy) is 1. The maximum absolute atomic E-state index is 11.9. The molecule has 0 bridgehead atoms. The van der Waals surface area contributed by atoms with Crippen molar-refractivity contribution in [1.29, 1.82) is 0 Å². The molecule has 0 aliphatic heterocycles. The average Bonchev–Trinajstić information content (AvgIpc) is 2.71. The highest BCUT2D eigenvalue weighted by Gasteiger charge is 2.17. The van der Waals surface area contributed by atoms with E-state index in [2.05, 4.69) is 4.98 Å². The van der Waals surface area contributed by atoms with Crippen LogP contribution >= 0.6 is 11.6 Å². The molecule has 0 saturated carbocycles. The van der Waals surface area contributed by atoms with Gasteiger partial charge in [0.05, 0.1) is 12.2 Å². The lowest BCUT2D eigenvalue weighted by atomic mass is 10.0. The number of aromatic amines is 1. The normalized spacial score (nSPS) is 10.5. The number of halogens is 1. The van der Waals surface area contributed by atoms with Crippen LogP contribution in [-0.2, 0) is 11.2 Å². The van der Waals surface area contributed by atoms with Gasteiger partial charge in [-0.25, -0.2) is 4.79 Å². The fourth-order valence-electron chi connectivity index (χ4n) is 2.07. The van der Waals surface area contributed by atoms with Crippen LogP contribution in [0.15, 0.2) is 30.5 Å². The number of esters is 1. The lowest BCUT2D eigenvalue weighted by Gasteiger charge is -2.06. The molecule has 0 spiro atoms. The Bertz CT molecular complexity index is 590. The summed E-state index contributed by atoms with van der Waals surface area (Å²) in [6.45, 7) is 4.05. The zero-order chi connectivity index (χ0) is 13.8. The first kappa shape index (κ1) is 13.7. The Morgan fingerprint density at radius 1 is 1.42 bits per heavy atom. The highest BCUT2D eigenvalue weighted by Crippen LogP contribution is 2.20. The van der Waals surface area contributed by atoms with E-state index < -0.39 is 0 Å². The molecule has 1 heterocycles. The molecule has 1 N–H and O–H groups in total. The second-order valence-electron chi connectivity index (χ2n) is 4.34. The van der Waals surface area contributed by atoms with Gasteiger partial charge in [0.15, 0.2) is 0 Å². The number of rotatable bonds is 4. The van der Waals surface area contributed by atoms with E-state index in [9.17, 15) is 4.79 Å². The molecule has 0 radical (unpaired) electrons. The van der Waals surface area contributed by atoms with Gasteiger partial charge in [-0.15, -0.1) is 0 Å². The van der Waals surface area contributed by atoms with E-state index in [1.807, 2.05) is 37.4 Å². The van der Waals surface area contributed by atoms with Gasteiger partial charge in [0, 0.05) is 16.9 Å². The first-order valence-corrected chi connectivity index (χ1v) is 6.58. The van der Waals surface area contributed by atoms with E-state index in [0.717, 1.165) is 16.8 Å². The molecular weight excluding hydrogens is 262 g/mol. The summed E-state index contributed by atoms with van der Waals surface area (Å²) >= 11 is 5.97. The number of hydrogen-bond acceptors (Lipinski definition) is 2. The van der Waals surface area contributed by atoms with Gasteiger partial charge in [-0.05, 0) is 43.5 Å². The minimum absolute atomic E-state index is 0.279. The minimum Gasteiger partial charge on any atom is -0.462 e. The van der Waals surface area contributed by atoms with Crippen molar-refractivity contribution < 1.29 is 9.53 Å². The highest BCUT2D eigenvalue weighted by molar-refractivity contribution is 6.30. The number of hydrogen-bond donors (Lipinski definition) is 1. The fraction of sp³-hybridized carbons (Fsp3) is 0.267. The van der Waals surface area contributed by atoms with Gasteiger partial charge in [0.25, 0.3) is 0 Å². The Balaban J connectivity index is 2.28. The van der Waals surface area contributed by atoms with Gasteiger partial charge in [-0.3, -0.25) is 0 Å². The molecule has 0 fully saturated rings. The summed E-state index contributed by atoms with van der Waals surface area (Å²) in [7, 11) is 0. The van der Waals surface area contributed by atoms with E-state index in [-0.39, 0.29) is 5.97 Å². The molecule has 1 aromatic carbocycles. The van der Waals surface area contributed by atoms with Crippen molar-refractivity contribution >= 4 is 17.6 Å². The second kappa shape index (κ2) is 5.93. The van der Waals surface area contributed by atoms with Crippen LogP contribution in [0.3, 0.4) is 0 Å². The first-order valence-electron chi connectivity index (χ1n) is 6.20. The number of carbonyl (C=O) groups excluding carboxylic acids is 1. The Labute approximate surface area is 117 Å². The van der Waals surface area contributed by atoms with Crippen LogP contribution in [0.5, 0.6) is 0 Å². The lowest BCUT2D eigenvalue weighted by Crippen LogP contribution is -2.08. The third-order valence-corrected chi connectivity index (χ3v) is 3.16. The van der Waals surface area contributed by atoms with Crippen molar-refractivity contribution in [2.45, 2.75) is 20.3 Å². The largest absolute Gasteiger partial charge is 0.462 e. The van der Waals surface area contributed by atoms with Crippen LogP contribution in [0.4, 0.5) is 0 Å². The smallest absolute Gasteiger partial charge is 0.340 e. The summed E-state index contributed by atoms with van der Waals surface area (Å²) in [6.07, 6.45) is 2.50. The molecule has 0 saturated heterocycles. The summed E-state index contributed by atoms with van der Waals surface area (Å²) in [5.41, 5.74) is 3.45. The van der Waals surface area contributed by atoms with Crippen molar-refractivity contribution in [3.63, 3.8) is 0 Å². The van der Waals surface area contributed by atoms with Crippen LogP contribution in [0.2, 0.25) is 5.02 Å². The summed E-state index contributed by atoms with van der Waals surface area (Å²) in [6, 6.07) is 7.63. The van der Waals surface area contributed by atoms with E-state index in [1.54, 1.807) is 6.92 Å². The topological polar surface area (TPSA) is 42.1 Å². The zero-order valence-corrected chi connectivity index (χ0v) is 11.8. The first-order chi connectivity index (χ1) is 9.11. The number of benzene rings is 1. The summed E-state index contributed by atoms with van der Waals surface area (Å²) in [5, 5.41) is 0.697. The molecular formula is C15H16ClNO2. The number of aryl methyl sites for hydroxylation is 1. The van der Waals surface area contributed by atoms with E-state index >= 15 is 0 Å². The maximum atomic E-state index is 11.9. The number of carbonyl (C=O) groups is 1. The van der Waals surface area contributed by atoms with Crippen molar-refractivity contribution in [1.82, 2.24) is 4.98 Å². The van der Waals surface area contributed by atoms with Crippen molar-refractivity contribution in [3.05, 3.63) is 57.9 Å². The van der Waals surface area contributed by atoms with Gasteiger partial charge in [-0.1, -0.05) is 23.7 Å². The van der Waals surface area contributed by atoms with Crippen molar-refractivity contribution in [2.24, 2.45) is 0 Å². The number of H-pyrrole nitrogens is 1. The molecule has 0 aliphatic rings. The molecule has 4 heteroatoms. The van der Waals surface area contributed by atoms with Crippen LogP contribution < -0.4 is 0 Å². The quantitative estimate of drug-likeness (QED) is 0.865. The molecule has 0 unspecified atom stereocenters. The Hall–Kier alpha value is -1.74. The van der Waals surface area contributed by atoms with Crippen LogP contribution in [0.1, 0.15) is 34.1 Å². The van der Waals surface area contributed by atoms with E-state index in [1.165, 1.54) is 0 Å². The van der Waals surface area contributed by atoms with Gasteiger partial charge < -0.3 is 9.72 Å². The van der Waals surface area contributed by atoms with Gasteiger partial charge in [0.2, 0.25) is 0 Å². The molecule has 19 heavy (non-hydrogen) atoms. The highest BCUT2D eigenvalue weighted by atomic mass is 35.5. The molecule has 2 aromatic rings. The third-order valence-electron chi connectivity index (χ3n) is 2.92. The van der Waals surface area contributed by atoms with Gasteiger partial charge in [0.1, 0.15) is 0 Å². The Morgan fingerprint density at radius 3 is 2.89 bits per heavy atom. The summed E-state index contributed by atoms with van der Waals surface area (Å²) in [5.74, 6) is -0.279. The SMILES string of the molecule is CCOC(=O)c1c(Cc2cccc(Cl)c2)c[nH]c1C. The van der Waals surface area contributed by atoms with Gasteiger partial charge in [-0.2, -0.15) is 0 Å². The lowest BCUT2D eigenvalue weighted by molar-refractivity contribution is 0.0524. The third kappa shape index (κ3) is 3.18. The Kier molecular flexibility index (Phi) is 4.27. The van der Waals surface area contributed by atoms with E-state index in [0.29, 0.717) is 23.6 Å². The van der Waals surface area contributed by atoms with Crippen LogP contribution in [0, 0.1) is 6.92 Å². The van der Waals surface area contributed by atoms with Gasteiger partial charge >= 0.3 is 5.97 Å². The Morgan fingerprint density at radius 2 is 2.21 bits per heavy atom. The molecule has 0 aliphatic carbocycles. The molecule has 0 atom stereocenters. The van der Waals surface area contributed by atoms with Crippen LogP contribution in [-0.4, -0.2) is 17.6 Å². The average molecular weight is 278 g/mol. The fourth-order valence-corrected chi connectivity index (χ4v) is 2.29. The molecule has 0 amide bonds. The number of nitrogens with one attached hydrogen (secondary N) is 1. The minimum atomic E-state index is -0.279. The second-order valence-corrected chi connectivity index (χ2v) is 4.78. The van der Waals surface area contributed by atoms with Crippen LogP contribution in [0.25, 0.3) is 0 Å². The summed E-state index contributed by atoms with van der Waals surface area (Å²) < 4.78 is 5.08. The molecule has 1 aromatic heterocycles. The molecule has 3 nitrogen and oxygen atoms in total. The maximum Gasteiger partial charge on any atom is 0.340 e. The standard InChI is InChI=1S/C15H16ClNO2/c1-3-19-15(18)14-10(2)17-9-12(14)7-11-5-4-6-13(16)8-11/h4-6,8-9,17H,3,7H2,1-2H3. The molecule has 2 rings (SSSR count). The number of aromatic nitrogens is 1. The van der Waals surface area contributed by atoms with Crippen molar-refractivity contribution in [3.8, 4) is 0 Å². The monoisotopic (exact) mass is 277 g/mol.